The Balaban J connectivity index is 1.54. The molecular weight excluding hydrogens is 340 g/mol. The van der Waals surface area contributed by atoms with Crippen LogP contribution < -0.4 is 15.4 Å². The van der Waals surface area contributed by atoms with Gasteiger partial charge in [-0.25, -0.2) is 0 Å². The number of carbonyl (C=O) groups excluding carboxylic acids is 2. The Morgan fingerprint density at radius 2 is 1.85 bits per heavy atom. The molecule has 1 aliphatic rings. The molecule has 0 heterocycles. The number of aryl methyl sites for hydroxylation is 1. The van der Waals surface area contributed by atoms with Crippen molar-refractivity contribution in [3.63, 3.8) is 0 Å². The van der Waals surface area contributed by atoms with E-state index in [1.807, 2.05) is 49.4 Å². The fourth-order valence-corrected chi connectivity index (χ4v) is 3.36. The molecule has 1 aliphatic carbocycles. The fourth-order valence-electron chi connectivity index (χ4n) is 3.36. The number of nitrogens with one attached hydrogen (secondary N) is 2. The van der Waals surface area contributed by atoms with Gasteiger partial charge in [0, 0.05) is 12.1 Å². The molecule has 1 fully saturated rings. The molecule has 0 spiro atoms. The maximum atomic E-state index is 12.4. The Morgan fingerprint density at radius 3 is 2.48 bits per heavy atom. The second kappa shape index (κ2) is 8.71. The number of hydrogen-bond donors (Lipinski definition) is 2. The molecule has 2 N–H and O–H groups in total. The molecule has 2 amide bonds. The molecule has 1 saturated carbocycles. The summed E-state index contributed by atoms with van der Waals surface area (Å²) in [5.41, 5.74) is 2.96. The van der Waals surface area contributed by atoms with Crippen molar-refractivity contribution in [1.82, 2.24) is 5.32 Å². The second-order valence-electron chi connectivity index (χ2n) is 7.07. The average Bonchev–Trinajstić information content (AvgIpc) is 3.50. The van der Waals surface area contributed by atoms with Gasteiger partial charge in [-0.2, -0.15) is 0 Å². The summed E-state index contributed by atoms with van der Waals surface area (Å²) in [6.07, 6.45) is 2.70. The van der Waals surface area contributed by atoms with Crippen molar-refractivity contribution in [2.24, 2.45) is 5.92 Å². The minimum Gasteiger partial charge on any atom is -0.496 e. The van der Waals surface area contributed by atoms with Gasteiger partial charge in [0.2, 0.25) is 11.8 Å². The molecule has 27 heavy (non-hydrogen) atoms. The van der Waals surface area contributed by atoms with Crippen molar-refractivity contribution in [3.8, 4) is 5.75 Å². The van der Waals surface area contributed by atoms with E-state index in [4.69, 9.17) is 4.74 Å². The van der Waals surface area contributed by atoms with Gasteiger partial charge in [0.15, 0.2) is 0 Å². The van der Waals surface area contributed by atoms with E-state index in [1.165, 1.54) is 5.56 Å². The third-order valence-corrected chi connectivity index (χ3v) is 4.95. The topological polar surface area (TPSA) is 67.4 Å². The van der Waals surface area contributed by atoms with Crippen LogP contribution in [-0.2, 0) is 9.59 Å². The molecule has 0 bridgehead atoms. The standard InChI is InChI=1S/C22H26N2O3/c1-15-12-17(10-11-20(15)27-2)19(16-8-9-16)13-21(25)23-14-22(26)24-18-6-4-3-5-7-18/h3-7,10-12,16,19H,8-9,13-14H2,1-2H3,(H,23,25)(H,24,26). The number of anilines is 1. The summed E-state index contributed by atoms with van der Waals surface area (Å²) in [5, 5.41) is 5.52. The summed E-state index contributed by atoms with van der Waals surface area (Å²) < 4.78 is 5.33. The number of carbonyl (C=O) groups is 2. The van der Waals surface area contributed by atoms with Crippen LogP contribution in [0.1, 0.15) is 36.3 Å². The van der Waals surface area contributed by atoms with Crippen molar-refractivity contribution in [2.75, 3.05) is 19.0 Å². The largest absolute Gasteiger partial charge is 0.496 e. The molecule has 2 aromatic rings. The van der Waals surface area contributed by atoms with Crippen molar-refractivity contribution in [3.05, 3.63) is 59.7 Å². The fraction of sp³-hybridized carbons (Fsp3) is 0.364. The number of rotatable bonds is 8. The van der Waals surface area contributed by atoms with Gasteiger partial charge in [0.05, 0.1) is 13.7 Å². The normalized spacial score (nSPS) is 14.3. The van der Waals surface area contributed by atoms with E-state index >= 15 is 0 Å². The van der Waals surface area contributed by atoms with E-state index in [1.54, 1.807) is 7.11 Å². The van der Waals surface area contributed by atoms with Gasteiger partial charge in [-0.1, -0.05) is 30.3 Å². The van der Waals surface area contributed by atoms with E-state index in [2.05, 4.69) is 16.7 Å². The van der Waals surface area contributed by atoms with Crippen molar-refractivity contribution in [1.29, 1.82) is 0 Å². The number of benzene rings is 2. The molecule has 1 atom stereocenters. The molecule has 3 rings (SSSR count). The average molecular weight is 366 g/mol. The van der Waals surface area contributed by atoms with Gasteiger partial charge in [-0.15, -0.1) is 0 Å². The van der Waals surface area contributed by atoms with Crippen LogP contribution in [0.25, 0.3) is 0 Å². The van der Waals surface area contributed by atoms with E-state index < -0.39 is 0 Å². The van der Waals surface area contributed by atoms with Crippen LogP contribution in [0, 0.1) is 12.8 Å². The summed E-state index contributed by atoms with van der Waals surface area (Å²) in [4.78, 5) is 24.4. The van der Waals surface area contributed by atoms with Crippen LogP contribution in [0.2, 0.25) is 0 Å². The van der Waals surface area contributed by atoms with E-state index in [0.717, 1.165) is 29.8 Å². The predicted molar refractivity (Wildman–Crippen MR) is 106 cm³/mol. The second-order valence-corrected chi connectivity index (χ2v) is 7.07. The van der Waals surface area contributed by atoms with Crippen molar-refractivity contribution < 1.29 is 14.3 Å². The molecular formula is C22H26N2O3. The number of ether oxygens (including phenoxy) is 1. The van der Waals surface area contributed by atoms with Gasteiger partial charge < -0.3 is 15.4 Å². The molecule has 5 heteroatoms. The first-order valence-corrected chi connectivity index (χ1v) is 9.33. The van der Waals surface area contributed by atoms with Gasteiger partial charge in [-0.05, 0) is 60.9 Å². The van der Waals surface area contributed by atoms with Crippen molar-refractivity contribution >= 4 is 17.5 Å². The minimum absolute atomic E-state index is 0.0211. The van der Waals surface area contributed by atoms with Crippen LogP contribution in [-0.4, -0.2) is 25.5 Å². The summed E-state index contributed by atoms with van der Waals surface area (Å²) in [6.45, 7) is 1.99. The molecule has 0 radical (unpaired) electrons. The highest BCUT2D eigenvalue weighted by Crippen LogP contribution is 2.45. The molecule has 5 nitrogen and oxygen atoms in total. The number of hydrogen-bond acceptors (Lipinski definition) is 3. The lowest BCUT2D eigenvalue weighted by Crippen LogP contribution is -2.33. The number of methoxy groups -OCH3 is 1. The summed E-state index contributed by atoms with van der Waals surface area (Å²) >= 11 is 0. The molecule has 0 saturated heterocycles. The smallest absolute Gasteiger partial charge is 0.243 e. The third kappa shape index (κ3) is 5.33. The van der Waals surface area contributed by atoms with Gasteiger partial charge >= 0.3 is 0 Å². The highest BCUT2D eigenvalue weighted by Gasteiger charge is 2.34. The van der Waals surface area contributed by atoms with Crippen LogP contribution in [0.5, 0.6) is 5.75 Å². The van der Waals surface area contributed by atoms with Crippen LogP contribution in [0.4, 0.5) is 5.69 Å². The van der Waals surface area contributed by atoms with Crippen LogP contribution >= 0.6 is 0 Å². The molecule has 2 aromatic carbocycles. The molecule has 142 valence electrons. The SMILES string of the molecule is COc1ccc(C(CC(=O)NCC(=O)Nc2ccccc2)C2CC2)cc1C. The number of para-hydroxylation sites is 1. The summed E-state index contributed by atoms with van der Waals surface area (Å²) in [5.74, 6) is 1.27. The highest BCUT2D eigenvalue weighted by molar-refractivity contribution is 5.94. The first kappa shape index (κ1) is 19.0. The molecule has 0 aliphatic heterocycles. The van der Waals surface area contributed by atoms with Crippen LogP contribution in [0.15, 0.2) is 48.5 Å². The Labute approximate surface area is 160 Å². The first-order chi connectivity index (χ1) is 13.1. The molecule has 0 aromatic heterocycles. The Hall–Kier alpha value is -2.82. The van der Waals surface area contributed by atoms with Crippen molar-refractivity contribution in [2.45, 2.75) is 32.1 Å². The lowest BCUT2D eigenvalue weighted by molar-refractivity contribution is -0.124. The highest BCUT2D eigenvalue weighted by atomic mass is 16.5. The van der Waals surface area contributed by atoms with E-state index in [9.17, 15) is 9.59 Å². The minimum atomic E-state index is -0.224. The van der Waals surface area contributed by atoms with Gasteiger partial charge in [0.1, 0.15) is 5.75 Å². The summed E-state index contributed by atoms with van der Waals surface area (Å²) in [6, 6.07) is 15.3. The Morgan fingerprint density at radius 1 is 1.11 bits per heavy atom. The Kier molecular flexibility index (Phi) is 6.12. The quantitative estimate of drug-likeness (QED) is 0.749. The number of amides is 2. The Bertz CT molecular complexity index is 800. The lowest BCUT2D eigenvalue weighted by atomic mass is 9.89. The van der Waals surface area contributed by atoms with E-state index in [0.29, 0.717) is 12.3 Å². The lowest BCUT2D eigenvalue weighted by Gasteiger charge is -2.18. The summed E-state index contributed by atoms with van der Waals surface area (Å²) in [7, 11) is 1.66. The maximum absolute atomic E-state index is 12.4. The van der Waals surface area contributed by atoms with Gasteiger partial charge in [0.25, 0.3) is 0 Å². The maximum Gasteiger partial charge on any atom is 0.243 e. The van der Waals surface area contributed by atoms with Crippen LogP contribution in [0.3, 0.4) is 0 Å². The van der Waals surface area contributed by atoms with Gasteiger partial charge in [-0.3, -0.25) is 9.59 Å². The zero-order valence-electron chi connectivity index (χ0n) is 15.8. The zero-order valence-corrected chi connectivity index (χ0v) is 15.8. The zero-order chi connectivity index (χ0) is 19.2. The predicted octanol–water partition coefficient (Wildman–Crippen LogP) is 3.64. The molecule has 1 unspecified atom stereocenters. The third-order valence-electron chi connectivity index (χ3n) is 4.95. The monoisotopic (exact) mass is 366 g/mol. The van der Waals surface area contributed by atoms with E-state index in [-0.39, 0.29) is 24.3 Å². The first-order valence-electron chi connectivity index (χ1n) is 9.33.